The van der Waals surface area contributed by atoms with Crippen LogP contribution in [0.15, 0.2) is 36.4 Å². The van der Waals surface area contributed by atoms with Crippen LogP contribution in [0.25, 0.3) is 0 Å². The third-order valence-electron chi connectivity index (χ3n) is 4.69. The first-order chi connectivity index (χ1) is 12.4. The van der Waals surface area contributed by atoms with Crippen LogP contribution in [0.1, 0.15) is 34.8 Å². The summed E-state index contributed by atoms with van der Waals surface area (Å²) in [5.41, 5.74) is 0.331. The molecule has 6 nitrogen and oxygen atoms in total. The van der Waals surface area contributed by atoms with Gasteiger partial charge in [-0.3, -0.25) is 9.59 Å². The average molecular weight is 355 g/mol. The van der Waals surface area contributed by atoms with Crippen LogP contribution in [-0.4, -0.2) is 31.0 Å². The minimum absolute atomic E-state index is 0.287. The van der Waals surface area contributed by atoms with Crippen LogP contribution in [0.3, 0.4) is 0 Å². The van der Waals surface area contributed by atoms with E-state index in [9.17, 15) is 14.7 Å². The Morgan fingerprint density at radius 3 is 2.58 bits per heavy atom. The topological polar surface area (TPSA) is 84.9 Å². The summed E-state index contributed by atoms with van der Waals surface area (Å²) in [4.78, 5) is 25.2. The van der Waals surface area contributed by atoms with Crippen LogP contribution in [0.4, 0.5) is 5.69 Å². The molecular formula is C20H21NO5. The van der Waals surface area contributed by atoms with Gasteiger partial charge in [0.25, 0.3) is 5.91 Å². The summed E-state index contributed by atoms with van der Waals surface area (Å²) in [5.74, 6) is -0.106. The van der Waals surface area contributed by atoms with Gasteiger partial charge in [0, 0.05) is 17.3 Å². The number of Topliss-reactive ketones (excluding diaryl/α,β-unsaturated/α-hetero) is 1. The van der Waals surface area contributed by atoms with Crippen molar-refractivity contribution in [1.29, 1.82) is 0 Å². The zero-order chi connectivity index (χ0) is 18.9. The van der Waals surface area contributed by atoms with Crippen molar-refractivity contribution in [2.45, 2.75) is 25.4 Å². The van der Waals surface area contributed by atoms with E-state index in [1.165, 1.54) is 14.2 Å². The van der Waals surface area contributed by atoms with E-state index in [2.05, 4.69) is 5.32 Å². The fraction of sp³-hybridized carbons (Fsp3) is 0.300. The Hall–Kier alpha value is -2.86. The van der Waals surface area contributed by atoms with Crippen LogP contribution in [0.5, 0.6) is 11.5 Å². The van der Waals surface area contributed by atoms with E-state index in [1.807, 2.05) is 13.0 Å². The highest BCUT2D eigenvalue weighted by atomic mass is 16.5. The first-order valence-corrected chi connectivity index (χ1v) is 8.35. The summed E-state index contributed by atoms with van der Waals surface area (Å²) in [7, 11) is 2.97. The molecule has 2 N–H and O–H groups in total. The molecule has 2 aromatic carbocycles. The molecule has 1 aliphatic rings. The standard InChI is InChI=1S/C20H21NO5/c1-4-12-5-8-16-15(9-12)20(24,19(23)21-16)11-17(22)14-7-6-13(25-2)10-18(14)26-3/h5-10,24H,4,11H2,1-3H3,(H,21,23). The van der Waals surface area contributed by atoms with Crippen molar-refractivity contribution in [2.75, 3.05) is 19.5 Å². The Morgan fingerprint density at radius 1 is 1.15 bits per heavy atom. The molecule has 0 bridgehead atoms. The molecule has 0 fully saturated rings. The lowest BCUT2D eigenvalue weighted by molar-refractivity contribution is -0.133. The molecule has 1 unspecified atom stereocenters. The number of ether oxygens (including phenoxy) is 2. The number of methoxy groups -OCH3 is 2. The van der Waals surface area contributed by atoms with Crippen molar-refractivity contribution >= 4 is 17.4 Å². The largest absolute Gasteiger partial charge is 0.497 e. The van der Waals surface area contributed by atoms with E-state index in [0.29, 0.717) is 22.7 Å². The Labute approximate surface area is 151 Å². The quantitative estimate of drug-likeness (QED) is 0.778. The smallest absolute Gasteiger partial charge is 0.261 e. The Morgan fingerprint density at radius 2 is 1.92 bits per heavy atom. The van der Waals surface area contributed by atoms with Gasteiger partial charge in [-0.05, 0) is 30.2 Å². The van der Waals surface area contributed by atoms with Crippen molar-refractivity contribution in [3.05, 3.63) is 53.1 Å². The lowest BCUT2D eigenvalue weighted by atomic mass is 9.87. The Balaban J connectivity index is 1.96. The molecule has 26 heavy (non-hydrogen) atoms. The van der Waals surface area contributed by atoms with Gasteiger partial charge in [-0.25, -0.2) is 0 Å². The number of aliphatic hydroxyl groups is 1. The third kappa shape index (κ3) is 2.93. The predicted octanol–water partition coefficient (Wildman–Crippen LogP) is 2.68. The van der Waals surface area contributed by atoms with Gasteiger partial charge in [0.2, 0.25) is 0 Å². The van der Waals surface area contributed by atoms with E-state index >= 15 is 0 Å². The number of fused-ring (bicyclic) bond motifs is 1. The molecule has 0 spiro atoms. The van der Waals surface area contributed by atoms with Gasteiger partial charge in [0.1, 0.15) is 11.5 Å². The van der Waals surface area contributed by atoms with Gasteiger partial charge in [-0.1, -0.05) is 19.1 Å². The summed E-state index contributed by atoms with van der Waals surface area (Å²) in [5, 5.41) is 13.7. The van der Waals surface area contributed by atoms with E-state index in [1.54, 1.807) is 30.3 Å². The van der Waals surface area contributed by atoms with E-state index in [-0.39, 0.29) is 12.0 Å². The summed E-state index contributed by atoms with van der Waals surface area (Å²) in [6.07, 6.45) is 0.388. The number of amides is 1. The molecule has 0 radical (unpaired) electrons. The second-order valence-electron chi connectivity index (χ2n) is 6.21. The van der Waals surface area contributed by atoms with Crippen molar-refractivity contribution in [3.8, 4) is 11.5 Å². The number of carbonyl (C=O) groups excluding carboxylic acids is 2. The molecule has 0 aliphatic carbocycles. The van der Waals surface area contributed by atoms with E-state index in [0.717, 1.165) is 12.0 Å². The monoisotopic (exact) mass is 355 g/mol. The Kier molecular flexibility index (Phi) is 4.70. The van der Waals surface area contributed by atoms with Gasteiger partial charge < -0.3 is 19.9 Å². The Bertz CT molecular complexity index is 877. The highest BCUT2D eigenvalue weighted by molar-refractivity contribution is 6.10. The normalized spacial score (nSPS) is 18.2. The molecule has 0 saturated heterocycles. The van der Waals surface area contributed by atoms with Crippen molar-refractivity contribution in [3.63, 3.8) is 0 Å². The second kappa shape index (κ2) is 6.80. The second-order valence-corrected chi connectivity index (χ2v) is 6.21. The lowest BCUT2D eigenvalue weighted by Gasteiger charge is -2.21. The van der Waals surface area contributed by atoms with Gasteiger partial charge in [0.15, 0.2) is 11.4 Å². The van der Waals surface area contributed by atoms with Crippen LogP contribution in [0.2, 0.25) is 0 Å². The number of hydrogen-bond donors (Lipinski definition) is 2. The maximum atomic E-state index is 12.8. The number of hydrogen-bond acceptors (Lipinski definition) is 5. The van der Waals surface area contributed by atoms with Gasteiger partial charge in [-0.15, -0.1) is 0 Å². The zero-order valence-electron chi connectivity index (χ0n) is 15.0. The third-order valence-corrected chi connectivity index (χ3v) is 4.69. The fourth-order valence-corrected chi connectivity index (χ4v) is 3.14. The molecule has 1 aliphatic heterocycles. The number of carbonyl (C=O) groups is 2. The van der Waals surface area contributed by atoms with E-state index < -0.39 is 17.3 Å². The predicted molar refractivity (Wildman–Crippen MR) is 96.8 cm³/mol. The SMILES string of the molecule is CCc1ccc2c(c1)C(O)(CC(=O)c1ccc(OC)cc1OC)C(=O)N2. The molecule has 1 heterocycles. The molecule has 136 valence electrons. The molecular weight excluding hydrogens is 334 g/mol. The number of nitrogens with one attached hydrogen (secondary N) is 1. The maximum absolute atomic E-state index is 12.8. The first kappa shape index (κ1) is 17.9. The van der Waals surface area contributed by atoms with Gasteiger partial charge in [0.05, 0.1) is 26.2 Å². The summed E-state index contributed by atoms with van der Waals surface area (Å²) < 4.78 is 10.4. The van der Waals surface area contributed by atoms with Gasteiger partial charge in [-0.2, -0.15) is 0 Å². The average Bonchev–Trinajstić information content (AvgIpc) is 2.90. The molecule has 1 atom stereocenters. The number of aryl methyl sites for hydroxylation is 1. The minimum atomic E-state index is -1.90. The van der Waals surface area contributed by atoms with Crippen molar-refractivity contribution in [2.24, 2.45) is 0 Å². The first-order valence-electron chi connectivity index (χ1n) is 8.35. The number of benzene rings is 2. The number of rotatable bonds is 6. The lowest BCUT2D eigenvalue weighted by Crippen LogP contribution is -2.36. The highest BCUT2D eigenvalue weighted by Crippen LogP contribution is 2.40. The molecule has 1 amide bonds. The van der Waals surface area contributed by atoms with Crippen LogP contribution in [-0.2, 0) is 16.8 Å². The number of ketones is 1. The summed E-state index contributed by atoms with van der Waals surface area (Å²) in [6.45, 7) is 1.98. The highest BCUT2D eigenvalue weighted by Gasteiger charge is 2.47. The van der Waals surface area contributed by atoms with Crippen LogP contribution < -0.4 is 14.8 Å². The zero-order valence-corrected chi connectivity index (χ0v) is 15.0. The van der Waals surface area contributed by atoms with Crippen LogP contribution >= 0.6 is 0 Å². The fourth-order valence-electron chi connectivity index (χ4n) is 3.14. The molecule has 0 saturated carbocycles. The number of anilines is 1. The van der Waals surface area contributed by atoms with E-state index in [4.69, 9.17) is 9.47 Å². The van der Waals surface area contributed by atoms with Crippen LogP contribution in [0, 0.1) is 0 Å². The summed E-state index contributed by atoms with van der Waals surface area (Å²) >= 11 is 0. The van der Waals surface area contributed by atoms with Crippen molar-refractivity contribution < 1.29 is 24.2 Å². The minimum Gasteiger partial charge on any atom is -0.497 e. The molecule has 0 aromatic heterocycles. The molecule has 3 rings (SSSR count). The molecule has 2 aromatic rings. The van der Waals surface area contributed by atoms with Gasteiger partial charge >= 0.3 is 0 Å². The molecule has 6 heteroatoms. The summed E-state index contributed by atoms with van der Waals surface area (Å²) in [6, 6.07) is 10.2. The maximum Gasteiger partial charge on any atom is 0.261 e. The van der Waals surface area contributed by atoms with Crippen molar-refractivity contribution in [1.82, 2.24) is 0 Å².